The van der Waals surface area contributed by atoms with Crippen molar-refractivity contribution in [1.29, 1.82) is 0 Å². The highest BCUT2D eigenvalue weighted by atomic mass is 35.5. The fourth-order valence-electron chi connectivity index (χ4n) is 1.89. The standard InChI is InChI=1S/C14H15ClN4O/c1-8(12-4-2-3-5-18-12)19-13-10(14(17)20)6-9(16)7-11(13)15/h2-8,19H,16H2,1H3,(H2,17,20). The second-order valence-corrected chi connectivity index (χ2v) is 4.82. The van der Waals surface area contributed by atoms with E-state index in [1.54, 1.807) is 12.3 Å². The summed E-state index contributed by atoms with van der Waals surface area (Å²) >= 11 is 6.14. The van der Waals surface area contributed by atoms with Crippen LogP contribution in [0.5, 0.6) is 0 Å². The van der Waals surface area contributed by atoms with Crippen molar-refractivity contribution >= 4 is 28.9 Å². The molecule has 0 aliphatic rings. The number of aromatic nitrogens is 1. The van der Waals surface area contributed by atoms with Gasteiger partial charge in [-0.3, -0.25) is 9.78 Å². The zero-order valence-electron chi connectivity index (χ0n) is 10.9. The van der Waals surface area contributed by atoms with Gasteiger partial charge in [0.2, 0.25) is 0 Å². The van der Waals surface area contributed by atoms with Crippen LogP contribution in [0.15, 0.2) is 36.5 Å². The summed E-state index contributed by atoms with van der Waals surface area (Å²) in [6, 6.07) is 8.55. The van der Waals surface area contributed by atoms with Crippen molar-refractivity contribution in [3.63, 3.8) is 0 Å². The lowest BCUT2D eigenvalue weighted by atomic mass is 10.1. The predicted octanol–water partition coefficient (Wildman–Crippen LogP) is 2.59. The number of primary amides is 1. The van der Waals surface area contributed by atoms with Crippen LogP contribution in [0.2, 0.25) is 5.02 Å². The van der Waals surface area contributed by atoms with Crippen LogP contribution in [-0.2, 0) is 0 Å². The zero-order valence-corrected chi connectivity index (χ0v) is 11.7. The maximum absolute atomic E-state index is 11.5. The fourth-order valence-corrected chi connectivity index (χ4v) is 2.17. The molecule has 0 radical (unpaired) electrons. The molecule has 2 rings (SSSR count). The quantitative estimate of drug-likeness (QED) is 0.754. The lowest BCUT2D eigenvalue weighted by molar-refractivity contribution is 0.100. The normalized spacial score (nSPS) is 11.9. The molecule has 0 aliphatic heterocycles. The van der Waals surface area contributed by atoms with Gasteiger partial charge in [0.05, 0.1) is 28.0 Å². The number of pyridine rings is 1. The Morgan fingerprint density at radius 1 is 1.40 bits per heavy atom. The van der Waals surface area contributed by atoms with Gasteiger partial charge in [-0.2, -0.15) is 0 Å². The Kier molecular flexibility index (Phi) is 4.10. The van der Waals surface area contributed by atoms with E-state index in [9.17, 15) is 4.79 Å². The zero-order chi connectivity index (χ0) is 14.7. The molecule has 5 N–H and O–H groups in total. The fraction of sp³-hybridized carbons (Fsp3) is 0.143. The minimum atomic E-state index is -0.588. The third kappa shape index (κ3) is 3.00. The summed E-state index contributed by atoms with van der Waals surface area (Å²) in [5.41, 5.74) is 13.0. The minimum absolute atomic E-state index is 0.129. The molecule has 20 heavy (non-hydrogen) atoms. The van der Waals surface area contributed by atoms with Crippen LogP contribution in [0.1, 0.15) is 29.0 Å². The van der Waals surface area contributed by atoms with Gasteiger partial charge in [0.15, 0.2) is 0 Å². The van der Waals surface area contributed by atoms with E-state index >= 15 is 0 Å². The van der Waals surface area contributed by atoms with E-state index in [1.165, 1.54) is 6.07 Å². The number of benzene rings is 1. The highest BCUT2D eigenvalue weighted by Crippen LogP contribution is 2.31. The van der Waals surface area contributed by atoms with E-state index in [0.29, 0.717) is 16.4 Å². The lowest BCUT2D eigenvalue weighted by Crippen LogP contribution is -2.17. The Balaban J connectivity index is 2.36. The first-order chi connectivity index (χ1) is 9.49. The van der Waals surface area contributed by atoms with Crippen molar-refractivity contribution in [1.82, 2.24) is 4.98 Å². The molecule has 1 aromatic carbocycles. The third-order valence-corrected chi connectivity index (χ3v) is 3.17. The van der Waals surface area contributed by atoms with Crippen molar-refractivity contribution in [2.45, 2.75) is 13.0 Å². The molecule has 1 atom stereocenters. The van der Waals surface area contributed by atoms with Gasteiger partial charge in [-0.1, -0.05) is 17.7 Å². The van der Waals surface area contributed by atoms with Crippen molar-refractivity contribution in [3.8, 4) is 0 Å². The second kappa shape index (κ2) is 5.79. The highest BCUT2D eigenvalue weighted by Gasteiger charge is 2.16. The van der Waals surface area contributed by atoms with Gasteiger partial charge in [-0.05, 0) is 31.2 Å². The van der Waals surface area contributed by atoms with Crippen LogP contribution < -0.4 is 16.8 Å². The number of amides is 1. The van der Waals surface area contributed by atoms with Crippen LogP contribution in [0.25, 0.3) is 0 Å². The van der Waals surface area contributed by atoms with Gasteiger partial charge < -0.3 is 16.8 Å². The predicted molar refractivity (Wildman–Crippen MR) is 80.7 cm³/mol. The first-order valence-corrected chi connectivity index (χ1v) is 6.43. The number of hydrogen-bond donors (Lipinski definition) is 3. The highest BCUT2D eigenvalue weighted by molar-refractivity contribution is 6.34. The first-order valence-electron chi connectivity index (χ1n) is 6.05. The third-order valence-electron chi connectivity index (χ3n) is 2.87. The monoisotopic (exact) mass is 290 g/mol. The van der Waals surface area contributed by atoms with Gasteiger partial charge in [0.25, 0.3) is 5.91 Å². The van der Waals surface area contributed by atoms with Crippen molar-refractivity contribution in [2.24, 2.45) is 5.73 Å². The van der Waals surface area contributed by atoms with Gasteiger partial charge in [-0.15, -0.1) is 0 Å². The molecule has 5 nitrogen and oxygen atoms in total. The van der Waals surface area contributed by atoms with Crippen LogP contribution in [0, 0.1) is 0 Å². The summed E-state index contributed by atoms with van der Waals surface area (Å²) in [7, 11) is 0. The summed E-state index contributed by atoms with van der Waals surface area (Å²) in [6.07, 6.45) is 1.70. The van der Waals surface area contributed by atoms with Gasteiger partial charge >= 0.3 is 0 Å². The molecule has 1 amide bonds. The molecular formula is C14H15ClN4O. The molecule has 2 aromatic rings. The van der Waals surface area contributed by atoms with Crippen molar-refractivity contribution in [2.75, 3.05) is 11.1 Å². The van der Waals surface area contributed by atoms with E-state index < -0.39 is 5.91 Å². The number of anilines is 2. The van der Waals surface area contributed by atoms with Crippen LogP contribution in [-0.4, -0.2) is 10.9 Å². The molecule has 0 spiro atoms. The second-order valence-electron chi connectivity index (χ2n) is 4.41. The number of carbonyl (C=O) groups excluding carboxylic acids is 1. The number of nitrogens with two attached hydrogens (primary N) is 2. The Labute approximate surface area is 121 Å². The molecule has 1 heterocycles. The lowest BCUT2D eigenvalue weighted by Gasteiger charge is -2.18. The smallest absolute Gasteiger partial charge is 0.250 e. The SMILES string of the molecule is CC(Nc1c(Cl)cc(N)cc1C(N)=O)c1ccccn1. The molecule has 0 fully saturated rings. The van der Waals surface area contributed by atoms with Crippen molar-refractivity contribution < 1.29 is 4.79 Å². The number of halogens is 1. The number of nitrogen functional groups attached to an aromatic ring is 1. The summed E-state index contributed by atoms with van der Waals surface area (Å²) in [5.74, 6) is -0.588. The molecule has 1 unspecified atom stereocenters. The molecular weight excluding hydrogens is 276 g/mol. The Morgan fingerprint density at radius 3 is 2.75 bits per heavy atom. The number of nitrogens with zero attached hydrogens (tertiary/aromatic N) is 1. The molecule has 0 bridgehead atoms. The molecule has 0 saturated heterocycles. The summed E-state index contributed by atoms with van der Waals surface area (Å²) in [4.78, 5) is 15.7. The Bertz CT molecular complexity index is 631. The van der Waals surface area contributed by atoms with Crippen LogP contribution in [0.4, 0.5) is 11.4 Å². The number of rotatable bonds is 4. The molecule has 0 aliphatic carbocycles. The molecule has 1 aromatic heterocycles. The average molecular weight is 291 g/mol. The van der Waals surface area contributed by atoms with E-state index in [2.05, 4.69) is 10.3 Å². The maximum Gasteiger partial charge on any atom is 0.250 e. The molecule has 104 valence electrons. The summed E-state index contributed by atoms with van der Waals surface area (Å²) < 4.78 is 0. The summed E-state index contributed by atoms with van der Waals surface area (Å²) in [5, 5.41) is 3.50. The van der Waals surface area contributed by atoms with Gasteiger partial charge in [0, 0.05) is 11.9 Å². The Morgan fingerprint density at radius 2 is 2.15 bits per heavy atom. The van der Waals surface area contributed by atoms with Gasteiger partial charge in [0.1, 0.15) is 0 Å². The van der Waals surface area contributed by atoms with E-state index in [-0.39, 0.29) is 11.6 Å². The number of nitrogens with one attached hydrogen (secondary N) is 1. The average Bonchev–Trinajstić information content (AvgIpc) is 2.42. The van der Waals surface area contributed by atoms with Gasteiger partial charge in [-0.25, -0.2) is 0 Å². The minimum Gasteiger partial charge on any atom is -0.399 e. The number of carbonyl (C=O) groups is 1. The first kappa shape index (κ1) is 14.1. The summed E-state index contributed by atoms with van der Waals surface area (Å²) in [6.45, 7) is 1.92. The Hall–Kier alpha value is -2.27. The number of hydrogen-bond acceptors (Lipinski definition) is 4. The van der Waals surface area contributed by atoms with E-state index in [0.717, 1.165) is 5.69 Å². The van der Waals surface area contributed by atoms with Crippen molar-refractivity contribution in [3.05, 3.63) is 52.8 Å². The topological polar surface area (TPSA) is 94.0 Å². The van der Waals surface area contributed by atoms with E-state index in [1.807, 2.05) is 25.1 Å². The van der Waals surface area contributed by atoms with E-state index in [4.69, 9.17) is 23.1 Å². The molecule has 0 saturated carbocycles. The van der Waals surface area contributed by atoms with Crippen LogP contribution in [0.3, 0.4) is 0 Å². The molecule has 6 heteroatoms. The van der Waals surface area contributed by atoms with Crippen LogP contribution >= 0.6 is 11.6 Å². The maximum atomic E-state index is 11.5. The largest absolute Gasteiger partial charge is 0.399 e.